The van der Waals surface area contributed by atoms with Crippen LogP contribution in [0.2, 0.25) is 0 Å². The molecule has 0 radical (unpaired) electrons. The Labute approximate surface area is 169 Å². The smallest absolute Gasteiger partial charge is 0.315 e. The summed E-state index contributed by atoms with van der Waals surface area (Å²) in [5, 5.41) is 14.4. The quantitative estimate of drug-likeness (QED) is 0.225. The lowest BCUT2D eigenvalue weighted by Gasteiger charge is -2.16. The lowest BCUT2D eigenvalue weighted by Crippen LogP contribution is -2.36. The summed E-state index contributed by atoms with van der Waals surface area (Å²) in [6.45, 7) is 3.12. The number of fused-ring (bicyclic) bond motifs is 1. The van der Waals surface area contributed by atoms with Crippen LogP contribution in [-0.4, -0.2) is 66.5 Å². The molecule has 2 heterocycles. The minimum atomic E-state index is -0.193. The Morgan fingerprint density at radius 1 is 0.964 bits per heavy atom. The van der Waals surface area contributed by atoms with Gasteiger partial charge in [0.15, 0.2) is 0 Å². The highest BCUT2D eigenvalue weighted by atomic mass is 32.2. The van der Waals surface area contributed by atoms with Crippen LogP contribution >= 0.6 is 11.8 Å². The summed E-state index contributed by atoms with van der Waals surface area (Å²) in [6.07, 6.45) is 3.52. The number of unbranched alkanes of at least 4 members (excludes halogenated alkanes) is 1. The first-order valence-electron chi connectivity index (χ1n) is 9.98. The van der Waals surface area contributed by atoms with Crippen molar-refractivity contribution in [3.05, 3.63) is 0 Å². The average Bonchev–Trinajstić information content (AvgIpc) is 3.20. The molecule has 0 aromatic carbocycles. The zero-order chi connectivity index (χ0) is 20.4. The largest absolute Gasteiger partial charge is 0.356 e. The molecule has 10 heteroatoms. The molecule has 2 rings (SSSR count). The van der Waals surface area contributed by atoms with Gasteiger partial charge in [-0.05, 0) is 19.8 Å². The molecule has 2 saturated heterocycles. The second-order valence-electron chi connectivity index (χ2n) is 7.02. The van der Waals surface area contributed by atoms with Crippen LogP contribution in [0.5, 0.6) is 0 Å². The van der Waals surface area contributed by atoms with E-state index in [4.69, 9.17) is 0 Å². The monoisotopic (exact) mass is 413 g/mol. The van der Waals surface area contributed by atoms with E-state index in [-0.39, 0.29) is 48.7 Å². The number of urea groups is 1. The van der Waals surface area contributed by atoms with Crippen molar-refractivity contribution in [3.8, 4) is 0 Å². The van der Waals surface area contributed by atoms with Crippen LogP contribution in [0, 0.1) is 0 Å². The summed E-state index contributed by atoms with van der Waals surface area (Å²) in [5.41, 5.74) is 0. The highest BCUT2D eigenvalue weighted by Gasteiger charge is 2.42. The first-order chi connectivity index (χ1) is 13.5. The van der Waals surface area contributed by atoms with Crippen molar-refractivity contribution in [2.45, 2.75) is 62.8 Å². The van der Waals surface area contributed by atoms with Gasteiger partial charge in [-0.25, -0.2) is 4.79 Å². The Morgan fingerprint density at radius 2 is 1.61 bits per heavy atom. The van der Waals surface area contributed by atoms with Crippen molar-refractivity contribution in [1.29, 1.82) is 0 Å². The maximum Gasteiger partial charge on any atom is 0.315 e. The number of thioether (sulfide) groups is 1. The van der Waals surface area contributed by atoms with E-state index in [9.17, 15) is 19.2 Å². The minimum Gasteiger partial charge on any atom is -0.356 e. The Hall–Kier alpha value is -1.97. The van der Waals surface area contributed by atoms with Crippen LogP contribution in [0.15, 0.2) is 0 Å². The summed E-state index contributed by atoms with van der Waals surface area (Å²) < 4.78 is 0. The molecule has 0 aromatic rings. The molecular weight excluding hydrogens is 382 g/mol. The van der Waals surface area contributed by atoms with E-state index in [1.165, 1.54) is 0 Å². The molecule has 2 aliphatic rings. The van der Waals surface area contributed by atoms with Crippen molar-refractivity contribution in [3.63, 3.8) is 0 Å². The third kappa shape index (κ3) is 7.57. The Kier molecular flexibility index (Phi) is 9.39. The zero-order valence-electron chi connectivity index (χ0n) is 16.3. The molecule has 3 atom stereocenters. The number of hydrogen-bond donors (Lipinski definition) is 5. The fraction of sp³-hybridized carbons (Fsp3) is 0.778. The van der Waals surface area contributed by atoms with Gasteiger partial charge >= 0.3 is 6.03 Å². The van der Waals surface area contributed by atoms with Crippen molar-refractivity contribution < 1.29 is 19.2 Å². The third-order valence-electron chi connectivity index (χ3n) is 4.80. The molecule has 28 heavy (non-hydrogen) atoms. The molecule has 0 bridgehead atoms. The van der Waals surface area contributed by atoms with Crippen molar-refractivity contribution >= 4 is 35.5 Å². The Bertz CT molecular complexity index is 574. The molecule has 0 aromatic heterocycles. The second kappa shape index (κ2) is 11.8. The first-order valence-corrected chi connectivity index (χ1v) is 11.0. The van der Waals surface area contributed by atoms with Crippen molar-refractivity contribution in [2.24, 2.45) is 0 Å². The fourth-order valence-electron chi connectivity index (χ4n) is 3.37. The predicted molar refractivity (Wildman–Crippen MR) is 108 cm³/mol. The summed E-state index contributed by atoms with van der Waals surface area (Å²) in [7, 11) is 0. The van der Waals surface area contributed by atoms with Gasteiger partial charge in [0.1, 0.15) is 0 Å². The maximum atomic E-state index is 11.8. The van der Waals surface area contributed by atoms with E-state index in [0.29, 0.717) is 31.3 Å². The van der Waals surface area contributed by atoms with Gasteiger partial charge in [0.25, 0.3) is 0 Å². The fourth-order valence-corrected chi connectivity index (χ4v) is 4.91. The molecule has 0 aliphatic carbocycles. The molecule has 9 nitrogen and oxygen atoms in total. The van der Waals surface area contributed by atoms with Crippen LogP contribution in [0.1, 0.15) is 45.4 Å². The van der Waals surface area contributed by atoms with E-state index in [1.54, 1.807) is 0 Å². The highest BCUT2D eigenvalue weighted by molar-refractivity contribution is 8.00. The van der Waals surface area contributed by atoms with Gasteiger partial charge in [-0.2, -0.15) is 11.8 Å². The number of hydrogen-bond acceptors (Lipinski definition) is 5. The number of carbonyl (C=O) groups is 4. The van der Waals surface area contributed by atoms with Crippen molar-refractivity contribution in [2.75, 3.05) is 25.4 Å². The number of nitrogens with one attached hydrogen (secondary N) is 5. The van der Waals surface area contributed by atoms with Gasteiger partial charge < -0.3 is 26.6 Å². The molecule has 158 valence electrons. The van der Waals surface area contributed by atoms with E-state index in [0.717, 1.165) is 25.0 Å². The summed E-state index contributed by atoms with van der Waals surface area (Å²) in [5.74, 6) is 0.596. The SMILES string of the molecule is CCNC(=O)CCC(=O)NCCNC(=O)CCCC[C@H]1SCC2NC(=O)NC21. The third-order valence-corrected chi connectivity index (χ3v) is 6.31. The molecule has 2 unspecified atom stereocenters. The lowest BCUT2D eigenvalue weighted by atomic mass is 10.0. The Balaban J connectivity index is 1.44. The molecule has 2 fully saturated rings. The molecule has 0 saturated carbocycles. The van der Waals surface area contributed by atoms with Crippen LogP contribution in [-0.2, 0) is 14.4 Å². The van der Waals surface area contributed by atoms with Gasteiger partial charge in [0.2, 0.25) is 17.7 Å². The topological polar surface area (TPSA) is 128 Å². The minimum absolute atomic E-state index is 0.0237. The van der Waals surface area contributed by atoms with E-state index < -0.39 is 0 Å². The van der Waals surface area contributed by atoms with Gasteiger partial charge in [0, 0.05) is 49.9 Å². The molecule has 5 N–H and O–H groups in total. The van der Waals surface area contributed by atoms with E-state index in [2.05, 4.69) is 26.6 Å². The summed E-state index contributed by atoms with van der Waals surface area (Å²) in [6, 6.07) is 0.376. The average molecular weight is 414 g/mol. The van der Waals surface area contributed by atoms with Gasteiger partial charge in [-0.3, -0.25) is 14.4 Å². The standard InChI is InChI=1S/C18H31N5O4S/c1-2-19-15(25)7-8-16(26)21-10-9-20-14(24)6-4-3-5-13-17-12(11-28-13)22-18(27)23-17/h12-13,17H,2-11H2,1H3,(H,19,25)(H,20,24)(H,21,26)(H2,22,23,27)/t12?,13-,17?/m1/s1. The van der Waals surface area contributed by atoms with Crippen LogP contribution in [0.25, 0.3) is 0 Å². The Morgan fingerprint density at radius 3 is 2.29 bits per heavy atom. The second-order valence-corrected chi connectivity index (χ2v) is 8.29. The molecule has 2 aliphatic heterocycles. The maximum absolute atomic E-state index is 11.8. The lowest BCUT2D eigenvalue weighted by molar-refractivity contribution is -0.126. The molecule has 0 spiro atoms. The predicted octanol–water partition coefficient (Wildman–Crippen LogP) is -0.139. The highest BCUT2D eigenvalue weighted by Crippen LogP contribution is 2.33. The molecule has 5 amide bonds. The van der Waals surface area contributed by atoms with Gasteiger partial charge in [0.05, 0.1) is 12.1 Å². The van der Waals surface area contributed by atoms with Crippen LogP contribution < -0.4 is 26.6 Å². The number of amides is 5. The summed E-state index contributed by atoms with van der Waals surface area (Å²) >= 11 is 1.88. The van der Waals surface area contributed by atoms with Gasteiger partial charge in [-0.15, -0.1) is 0 Å². The zero-order valence-corrected chi connectivity index (χ0v) is 17.2. The first kappa shape index (κ1) is 22.3. The van der Waals surface area contributed by atoms with E-state index >= 15 is 0 Å². The van der Waals surface area contributed by atoms with Crippen LogP contribution in [0.4, 0.5) is 4.79 Å². The normalized spacial score (nSPS) is 22.8. The van der Waals surface area contributed by atoms with Crippen LogP contribution in [0.3, 0.4) is 0 Å². The van der Waals surface area contributed by atoms with E-state index in [1.807, 2.05) is 18.7 Å². The van der Waals surface area contributed by atoms with Crippen molar-refractivity contribution in [1.82, 2.24) is 26.6 Å². The number of rotatable bonds is 12. The number of carbonyl (C=O) groups excluding carboxylic acids is 4. The van der Waals surface area contributed by atoms with Gasteiger partial charge in [-0.1, -0.05) is 6.42 Å². The molecular formula is C18H31N5O4S. The summed E-state index contributed by atoms with van der Waals surface area (Å²) in [4.78, 5) is 46.1.